The van der Waals surface area contributed by atoms with Crippen LogP contribution in [0.4, 0.5) is 8.78 Å². The van der Waals surface area contributed by atoms with Crippen LogP contribution < -0.4 is 5.56 Å². The topological polar surface area (TPSA) is 42.2 Å². The normalized spacial score (nSPS) is 11.1. The molecule has 1 heterocycles. The summed E-state index contributed by atoms with van der Waals surface area (Å²) < 4.78 is 29.1. The lowest BCUT2D eigenvalue weighted by molar-refractivity contribution is 0.272. The first-order valence-corrected chi connectivity index (χ1v) is 6.72. The van der Waals surface area contributed by atoms with Crippen molar-refractivity contribution in [1.82, 2.24) is 4.57 Å². The Balaban J connectivity index is 2.55. The van der Waals surface area contributed by atoms with Crippen molar-refractivity contribution in [1.29, 1.82) is 0 Å². The van der Waals surface area contributed by atoms with E-state index in [9.17, 15) is 18.7 Å². The third-order valence-electron chi connectivity index (χ3n) is 3.80. The molecule has 0 saturated heterocycles. The molecular formula is C17H13F2NO2. The SMILES string of the molecule is Cn1c(CO)c(-c2cccc(F)c2F)c2ccccc2c1=O. The third-order valence-corrected chi connectivity index (χ3v) is 3.80. The van der Waals surface area contributed by atoms with Gasteiger partial charge in [0.05, 0.1) is 12.3 Å². The molecule has 22 heavy (non-hydrogen) atoms. The molecule has 0 aliphatic carbocycles. The van der Waals surface area contributed by atoms with Gasteiger partial charge in [0, 0.05) is 23.6 Å². The van der Waals surface area contributed by atoms with E-state index in [0.29, 0.717) is 16.3 Å². The zero-order valence-corrected chi connectivity index (χ0v) is 11.8. The van der Waals surface area contributed by atoms with Crippen molar-refractivity contribution in [3.63, 3.8) is 0 Å². The fourth-order valence-corrected chi connectivity index (χ4v) is 2.70. The van der Waals surface area contributed by atoms with E-state index in [1.54, 1.807) is 24.3 Å². The van der Waals surface area contributed by atoms with E-state index >= 15 is 0 Å². The van der Waals surface area contributed by atoms with Gasteiger partial charge in [0.15, 0.2) is 11.6 Å². The van der Waals surface area contributed by atoms with Gasteiger partial charge in [-0.25, -0.2) is 8.78 Å². The maximum absolute atomic E-state index is 14.2. The number of halogens is 2. The van der Waals surface area contributed by atoms with Crippen LogP contribution in [-0.4, -0.2) is 9.67 Å². The number of hydrogen-bond donors (Lipinski definition) is 1. The number of aliphatic hydroxyl groups is 1. The Bertz CT molecular complexity index is 932. The first-order chi connectivity index (χ1) is 10.6. The molecule has 0 atom stereocenters. The highest BCUT2D eigenvalue weighted by molar-refractivity contribution is 5.97. The second-order valence-corrected chi connectivity index (χ2v) is 4.99. The summed E-state index contributed by atoms with van der Waals surface area (Å²) in [6.45, 7) is -0.456. The highest BCUT2D eigenvalue weighted by Gasteiger charge is 2.19. The molecule has 2 aromatic carbocycles. The fourth-order valence-electron chi connectivity index (χ4n) is 2.70. The van der Waals surface area contributed by atoms with Crippen LogP contribution in [0.2, 0.25) is 0 Å². The largest absolute Gasteiger partial charge is 0.390 e. The fraction of sp³-hybridized carbons (Fsp3) is 0.118. The smallest absolute Gasteiger partial charge is 0.258 e. The zero-order valence-electron chi connectivity index (χ0n) is 11.8. The molecule has 112 valence electrons. The molecule has 3 aromatic rings. The predicted octanol–water partition coefficient (Wildman–Crippen LogP) is 2.98. The minimum atomic E-state index is -0.999. The van der Waals surface area contributed by atoms with Crippen LogP contribution in [0.5, 0.6) is 0 Å². The van der Waals surface area contributed by atoms with Gasteiger partial charge in [-0.3, -0.25) is 4.79 Å². The van der Waals surface area contributed by atoms with Crippen molar-refractivity contribution in [3.8, 4) is 11.1 Å². The minimum absolute atomic E-state index is 0.0239. The average molecular weight is 301 g/mol. The summed E-state index contributed by atoms with van der Waals surface area (Å²) in [5.41, 5.74) is 0.307. The van der Waals surface area contributed by atoms with Crippen LogP contribution in [0, 0.1) is 11.6 Å². The van der Waals surface area contributed by atoms with Crippen molar-refractivity contribution in [2.75, 3.05) is 0 Å². The number of fused-ring (bicyclic) bond motifs is 1. The van der Waals surface area contributed by atoms with Gasteiger partial charge in [0.25, 0.3) is 5.56 Å². The highest BCUT2D eigenvalue weighted by Crippen LogP contribution is 2.33. The van der Waals surface area contributed by atoms with Crippen LogP contribution >= 0.6 is 0 Å². The number of pyridine rings is 1. The van der Waals surface area contributed by atoms with Gasteiger partial charge in [-0.1, -0.05) is 30.3 Å². The van der Waals surface area contributed by atoms with Gasteiger partial charge in [-0.2, -0.15) is 0 Å². The lowest BCUT2D eigenvalue weighted by Crippen LogP contribution is -2.22. The summed E-state index contributed by atoms with van der Waals surface area (Å²) in [5, 5.41) is 10.5. The van der Waals surface area contributed by atoms with E-state index in [0.717, 1.165) is 6.07 Å². The molecule has 0 amide bonds. The molecule has 3 nitrogen and oxygen atoms in total. The third kappa shape index (κ3) is 2.02. The summed E-state index contributed by atoms with van der Waals surface area (Å²) >= 11 is 0. The standard InChI is InChI=1S/C17H13F2NO2/c1-20-14(9-21)15(12-7-4-8-13(18)16(12)19)10-5-2-3-6-11(10)17(20)22/h2-8,21H,9H2,1H3. The van der Waals surface area contributed by atoms with Gasteiger partial charge in [-0.15, -0.1) is 0 Å². The molecule has 0 unspecified atom stereocenters. The molecule has 0 bridgehead atoms. The lowest BCUT2D eigenvalue weighted by atomic mass is 9.96. The molecule has 0 fully saturated rings. The Kier molecular flexibility index (Phi) is 3.50. The molecule has 0 spiro atoms. The highest BCUT2D eigenvalue weighted by atomic mass is 19.2. The van der Waals surface area contributed by atoms with Crippen LogP contribution in [-0.2, 0) is 13.7 Å². The van der Waals surface area contributed by atoms with Crippen molar-refractivity contribution in [2.24, 2.45) is 7.05 Å². The van der Waals surface area contributed by atoms with E-state index < -0.39 is 18.2 Å². The first-order valence-electron chi connectivity index (χ1n) is 6.72. The number of benzene rings is 2. The van der Waals surface area contributed by atoms with Gasteiger partial charge in [0.2, 0.25) is 0 Å². The predicted molar refractivity (Wildman–Crippen MR) is 80.5 cm³/mol. The minimum Gasteiger partial charge on any atom is -0.390 e. The molecule has 0 saturated carbocycles. The Morgan fingerprint density at radius 1 is 1.05 bits per heavy atom. The molecule has 0 radical (unpaired) electrons. The molecule has 1 aromatic heterocycles. The van der Waals surface area contributed by atoms with E-state index in [1.807, 2.05) is 0 Å². The maximum atomic E-state index is 14.2. The van der Waals surface area contributed by atoms with Crippen molar-refractivity contribution in [3.05, 3.63) is 70.1 Å². The number of rotatable bonds is 2. The summed E-state index contributed by atoms with van der Waals surface area (Å²) in [5.74, 6) is -1.97. The molecule has 1 N–H and O–H groups in total. The summed E-state index contributed by atoms with van der Waals surface area (Å²) in [6, 6.07) is 10.6. The van der Waals surface area contributed by atoms with E-state index in [-0.39, 0.29) is 16.8 Å². The van der Waals surface area contributed by atoms with E-state index in [1.165, 1.54) is 23.7 Å². The van der Waals surface area contributed by atoms with Crippen LogP contribution in [0.1, 0.15) is 5.69 Å². The Morgan fingerprint density at radius 3 is 2.41 bits per heavy atom. The Morgan fingerprint density at radius 2 is 1.73 bits per heavy atom. The second kappa shape index (κ2) is 5.35. The average Bonchev–Trinajstić information content (AvgIpc) is 2.54. The van der Waals surface area contributed by atoms with Gasteiger partial charge < -0.3 is 9.67 Å². The van der Waals surface area contributed by atoms with Crippen molar-refractivity contribution in [2.45, 2.75) is 6.61 Å². The summed E-state index contributed by atoms with van der Waals surface area (Å²) in [6.07, 6.45) is 0. The number of aromatic nitrogens is 1. The first kappa shape index (κ1) is 14.4. The number of nitrogens with zero attached hydrogens (tertiary/aromatic N) is 1. The molecular weight excluding hydrogens is 288 g/mol. The van der Waals surface area contributed by atoms with E-state index in [4.69, 9.17) is 0 Å². The van der Waals surface area contributed by atoms with Gasteiger partial charge in [0.1, 0.15) is 0 Å². The van der Waals surface area contributed by atoms with Crippen LogP contribution in [0.25, 0.3) is 21.9 Å². The van der Waals surface area contributed by atoms with Crippen LogP contribution in [0.15, 0.2) is 47.3 Å². The quantitative estimate of drug-likeness (QED) is 0.790. The van der Waals surface area contributed by atoms with E-state index in [2.05, 4.69) is 0 Å². The lowest BCUT2D eigenvalue weighted by Gasteiger charge is -2.16. The molecule has 0 aliphatic heterocycles. The molecule has 5 heteroatoms. The van der Waals surface area contributed by atoms with Crippen molar-refractivity contribution < 1.29 is 13.9 Å². The zero-order chi connectivity index (χ0) is 15.9. The van der Waals surface area contributed by atoms with Crippen LogP contribution in [0.3, 0.4) is 0 Å². The van der Waals surface area contributed by atoms with Gasteiger partial charge in [-0.05, 0) is 17.5 Å². The molecule has 0 aliphatic rings. The molecule has 3 rings (SSSR count). The second-order valence-electron chi connectivity index (χ2n) is 4.99. The Hall–Kier alpha value is -2.53. The summed E-state index contributed by atoms with van der Waals surface area (Å²) in [7, 11) is 1.50. The maximum Gasteiger partial charge on any atom is 0.258 e. The van der Waals surface area contributed by atoms with Crippen molar-refractivity contribution >= 4 is 10.8 Å². The number of hydrogen-bond acceptors (Lipinski definition) is 2. The Labute approximate surface area is 125 Å². The monoisotopic (exact) mass is 301 g/mol. The number of aliphatic hydroxyl groups excluding tert-OH is 1. The summed E-state index contributed by atoms with van der Waals surface area (Å²) in [4.78, 5) is 12.3. The van der Waals surface area contributed by atoms with Gasteiger partial charge >= 0.3 is 0 Å².